The van der Waals surface area contributed by atoms with Crippen LogP contribution in [0.1, 0.15) is 38.5 Å². The Morgan fingerprint density at radius 2 is 2.26 bits per heavy atom. The zero-order valence-electron chi connectivity index (χ0n) is 11.2. The molecular formula is C13H20N4OS. The zero-order chi connectivity index (χ0) is 13.5. The minimum absolute atomic E-state index is 0.585. The average Bonchev–Trinajstić information content (AvgIpc) is 3.07. The first-order valence-electron chi connectivity index (χ1n) is 6.74. The van der Waals surface area contributed by atoms with Crippen LogP contribution >= 0.6 is 11.3 Å². The summed E-state index contributed by atoms with van der Waals surface area (Å²) in [6, 6.07) is 0. The lowest BCUT2D eigenvalue weighted by atomic mass is 9.94. The number of aryl methyl sites for hydroxylation is 1. The smallest absolute Gasteiger partial charge is 0.227 e. The molecular weight excluding hydrogens is 260 g/mol. The molecule has 2 heterocycles. The summed E-state index contributed by atoms with van der Waals surface area (Å²) in [7, 11) is 0. The molecule has 6 heteroatoms. The molecule has 19 heavy (non-hydrogen) atoms. The summed E-state index contributed by atoms with van der Waals surface area (Å²) in [6.45, 7) is 2.95. The predicted octanol–water partition coefficient (Wildman–Crippen LogP) is 2.89. The van der Waals surface area contributed by atoms with E-state index < -0.39 is 0 Å². The van der Waals surface area contributed by atoms with Gasteiger partial charge in [0, 0.05) is 11.8 Å². The second-order valence-corrected chi connectivity index (χ2v) is 5.37. The van der Waals surface area contributed by atoms with E-state index in [1.807, 2.05) is 5.38 Å². The van der Waals surface area contributed by atoms with Gasteiger partial charge in [-0.2, -0.15) is 4.98 Å². The number of nitrogens with zero attached hydrogens (tertiary/aromatic N) is 3. The van der Waals surface area contributed by atoms with Gasteiger partial charge in [0.2, 0.25) is 11.7 Å². The number of thiazole rings is 1. The highest BCUT2D eigenvalue weighted by Gasteiger charge is 2.13. The van der Waals surface area contributed by atoms with Crippen LogP contribution in [-0.2, 0) is 6.42 Å². The molecule has 0 aromatic carbocycles. The Morgan fingerprint density at radius 3 is 2.95 bits per heavy atom. The van der Waals surface area contributed by atoms with E-state index in [0.717, 1.165) is 31.5 Å². The topological polar surface area (TPSA) is 77.8 Å². The summed E-state index contributed by atoms with van der Waals surface area (Å²) in [5.41, 5.74) is 8.19. The van der Waals surface area contributed by atoms with Gasteiger partial charge in [0.1, 0.15) is 5.69 Å². The molecule has 0 aliphatic rings. The third-order valence-electron chi connectivity index (χ3n) is 3.17. The van der Waals surface area contributed by atoms with Crippen LogP contribution in [0, 0.1) is 5.92 Å². The van der Waals surface area contributed by atoms with Crippen LogP contribution in [0.2, 0.25) is 0 Å². The molecule has 0 amide bonds. The molecule has 2 aromatic heterocycles. The summed E-state index contributed by atoms with van der Waals surface area (Å²) >= 11 is 1.53. The first-order chi connectivity index (χ1) is 9.33. The SMILES string of the molecule is CCCC(CCN)CCc1nc(-c2cscn2)no1. The van der Waals surface area contributed by atoms with Crippen molar-refractivity contribution in [3.05, 3.63) is 16.8 Å². The second-order valence-electron chi connectivity index (χ2n) is 4.66. The lowest BCUT2D eigenvalue weighted by molar-refractivity contribution is 0.349. The van der Waals surface area contributed by atoms with Crippen molar-refractivity contribution < 1.29 is 4.52 Å². The molecule has 0 saturated carbocycles. The van der Waals surface area contributed by atoms with Crippen molar-refractivity contribution in [2.45, 2.75) is 39.0 Å². The fourth-order valence-electron chi connectivity index (χ4n) is 2.19. The van der Waals surface area contributed by atoms with Crippen LogP contribution in [0.5, 0.6) is 0 Å². The van der Waals surface area contributed by atoms with Crippen LogP contribution in [0.15, 0.2) is 15.4 Å². The van der Waals surface area contributed by atoms with E-state index in [4.69, 9.17) is 10.3 Å². The monoisotopic (exact) mass is 280 g/mol. The fourth-order valence-corrected chi connectivity index (χ4v) is 2.72. The normalized spacial score (nSPS) is 12.7. The number of aromatic nitrogens is 3. The minimum atomic E-state index is 0.585. The van der Waals surface area contributed by atoms with Crippen LogP contribution in [0.3, 0.4) is 0 Å². The Morgan fingerprint density at radius 1 is 1.37 bits per heavy atom. The van der Waals surface area contributed by atoms with Gasteiger partial charge in [0.15, 0.2) is 0 Å². The van der Waals surface area contributed by atoms with Gasteiger partial charge in [0.25, 0.3) is 0 Å². The van der Waals surface area contributed by atoms with Gasteiger partial charge in [-0.3, -0.25) is 0 Å². The molecule has 2 rings (SSSR count). The van der Waals surface area contributed by atoms with E-state index in [1.54, 1.807) is 5.51 Å². The van der Waals surface area contributed by atoms with Gasteiger partial charge in [-0.15, -0.1) is 11.3 Å². The van der Waals surface area contributed by atoms with Crippen molar-refractivity contribution in [3.8, 4) is 11.5 Å². The number of hydrogen-bond donors (Lipinski definition) is 1. The van der Waals surface area contributed by atoms with E-state index >= 15 is 0 Å². The Hall–Kier alpha value is -1.27. The molecule has 0 bridgehead atoms. The van der Waals surface area contributed by atoms with Crippen molar-refractivity contribution in [2.24, 2.45) is 11.7 Å². The summed E-state index contributed by atoms with van der Waals surface area (Å²) < 4.78 is 5.27. The maximum absolute atomic E-state index is 5.64. The van der Waals surface area contributed by atoms with Crippen LogP contribution in [-0.4, -0.2) is 21.7 Å². The quantitative estimate of drug-likeness (QED) is 0.804. The van der Waals surface area contributed by atoms with E-state index in [2.05, 4.69) is 22.0 Å². The highest BCUT2D eigenvalue weighted by molar-refractivity contribution is 7.07. The Balaban J connectivity index is 1.89. The number of rotatable bonds is 8. The summed E-state index contributed by atoms with van der Waals surface area (Å²) in [5, 5.41) is 5.88. The average molecular weight is 280 g/mol. The molecule has 1 atom stereocenters. The molecule has 0 radical (unpaired) electrons. The number of hydrogen-bond acceptors (Lipinski definition) is 6. The molecule has 0 spiro atoms. The summed E-state index contributed by atoms with van der Waals surface area (Å²) in [5.74, 6) is 1.94. The van der Waals surface area contributed by atoms with Gasteiger partial charge in [-0.25, -0.2) is 4.98 Å². The molecule has 0 fully saturated rings. The van der Waals surface area contributed by atoms with Gasteiger partial charge < -0.3 is 10.3 Å². The van der Waals surface area contributed by atoms with Gasteiger partial charge in [0.05, 0.1) is 5.51 Å². The Kier molecular flexibility index (Phi) is 5.47. The highest BCUT2D eigenvalue weighted by Crippen LogP contribution is 2.19. The molecule has 0 saturated heterocycles. The molecule has 2 N–H and O–H groups in total. The maximum atomic E-state index is 5.64. The van der Waals surface area contributed by atoms with Gasteiger partial charge in [-0.1, -0.05) is 24.9 Å². The Bertz CT molecular complexity index is 463. The first-order valence-corrected chi connectivity index (χ1v) is 7.69. The zero-order valence-corrected chi connectivity index (χ0v) is 12.0. The van der Waals surface area contributed by atoms with Crippen LogP contribution < -0.4 is 5.73 Å². The van der Waals surface area contributed by atoms with Crippen molar-refractivity contribution in [3.63, 3.8) is 0 Å². The lowest BCUT2D eigenvalue weighted by Crippen LogP contribution is -2.09. The van der Waals surface area contributed by atoms with Crippen molar-refractivity contribution in [1.82, 2.24) is 15.1 Å². The first kappa shape index (κ1) is 14.1. The van der Waals surface area contributed by atoms with Crippen molar-refractivity contribution in [1.29, 1.82) is 0 Å². The van der Waals surface area contributed by atoms with Crippen LogP contribution in [0.4, 0.5) is 0 Å². The molecule has 0 aliphatic heterocycles. The predicted molar refractivity (Wildman–Crippen MR) is 75.8 cm³/mol. The second kappa shape index (κ2) is 7.35. The Labute approximate surface area is 117 Å². The fraction of sp³-hybridized carbons (Fsp3) is 0.615. The largest absolute Gasteiger partial charge is 0.339 e. The molecule has 0 aliphatic carbocycles. The molecule has 2 aromatic rings. The van der Waals surface area contributed by atoms with Gasteiger partial charge >= 0.3 is 0 Å². The molecule has 104 valence electrons. The van der Waals surface area contributed by atoms with Crippen LogP contribution in [0.25, 0.3) is 11.5 Å². The van der Waals surface area contributed by atoms with Crippen molar-refractivity contribution >= 4 is 11.3 Å². The van der Waals surface area contributed by atoms with Gasteiger partial charge in [-0.05, 0) is 25.3 Å². The van der Waals surface area contributed by atoms with E-state index in [-0.39, 0.29) is 0 Å². The third-order valence-corrected chi connectivity index (χ3v) is 3.75. The highest BCUT2D eigenvalue weighted by atomic mass is 32.1. The van der Waals surface area contributed by atoms with Crippen molar-refractivity contribution in [2.75, 3.05) is 6.54 Å². The summed E-state index contributed by atoms with van der Waals surface area (Å²) in [6.07, 6.45) is 5.36. The van der Waals surface area contributed by atoms with E-state index in [9.17, 15) is 0 Å². The molecule has 1 unspecified atom stereocenters. The lowest BCUT2D eigenvalue weighted by Gasteiger charge is -2.13. The minimum Gasteiger partial charge on any atom is -0.339 e. The number of nitrogens with two attached hydrogens (primary N) is 1. The van der Waals surface area contributed by atoms with E-state index in [1.165, 1.54) is 24.2 Å². The summed E-state index contributed by atoms with van der Waals surface area (Å²) in [4.78, 5) is 8.55. The molecule has 5 nitrogen and oxygen atoms in total. The van der Waals surface area contributed by atoms with E-state index in [0.29, 0.717) is 17.6 Å². The third kappa shape index (κ3) is 4.11. The standard InChI is InChI=1S/C13H20N4OS/c1-2-3-10(6-7-14)4-5-12-16-13(17-18-12)11-8-19-9-15-11/h8-10H,2-7,14H2,1H3. The maximum Gasteiger partial charge on any atom is 0.227 e.